The monoisotopic (exact) mass is 279 g/mol. The van der Waals surface area contributed by atoms with Crippen molar-refractivity contribution < 1.29 is 4.74 Å². The summed E-state index contributed by atoms with van der Waals surface area (Å²) in [6, 6.07) is 4.22. The molecule has 0 radical (unpaired) electrons. The van der Waals surface area contributed by atoms with E-state index in [4.69, 9.17) is 16.3 Å². The van der Waals surface area contributed by atoms with Crippen molar-refractivity contribution in [3.05, 3.63) is 24.2 Å². The fourth-order valence-electron chi connectivity index (χ4n) is 3.10. The molecule has 1 aliphatic rings. The van der Waals surface area contributed by atoms with Gasteiger partial charge in [0.2, 0.25) is 0 Å². The van der Waals surface area contributed by atoms with E-state index in [0.29, 0.717) is 11.9 Å². The van der Waals surface area contributed by atoms with Gasteiger partial charge in [0.15, 0.2) is 5.65 Å². The minimum atomic E-state index is 0.0701. The Morgan fingerprint density at radius 3 is 2.95 bits per heavy atom. The van der Waals surface area contributed by atoms with Crippen LogP contribution in [-0.2, 0) is 10.6 Å². The number of hydrogen-bond donors (Lipinski definition) is 0. The van der Waals surface area contributed by atoms with E-state index in [1.807, 2.05) is 12.1 Å². The van der Waals surface area contributed by atoms with Crippen molar-refractivity contribution in [1.29, 1.82) is 0 Å². The quantitative estimate of drug-likeness (QED) is 0.810. The average Bonchev–Trinajstić information content (AvgIpc) is 2.77. The molecule has 1 aliphatic carbocycles. The maximum atomic E-state index is 6.05. The van der Waals surface area contributed by atoms with Crippen LogP contribution in [0, 0.1) is 5.41 Å². The van der Waals surface area contributed by atoms with Gasteiger partial charge in [-0.05, 0) is 18.6 Å². The summed E-state index contributed by atoms with van der Waals surface area (Å²) in [6.07, 6.45) is 3.06. The van der Waals surface area contributed by atoms with Gasteiger partial charge in [0.05, 0.1) is 12.0 Å². The van der Waals surface area contributed by atoms with Crippen molar-refractivity contribution in [3.63, 3.8) is 0 Å². The number of imidazole rings is 1. The maximum Gasteiger partial charge on any atom is 0.160 e. The molecule has 0 saturated heterocycles. The van der Waals surface area contributed by atoms with E-state index >= 15 is 0 Å². The van der Waals surface area contributed by atoms with E-state index in [2.05, 4.69) is 28.4 Å². The molecule has 0 aliphatic heterocycles. The number of fused-ring (bicyclic) bond motifs is 1. The first-order chi connectivity index (χ1) is 9.09. The summed E-state index contributed by atoms with van der Waals surface area (Å²) in [5, 5.41) is 0. The summed E-state index contributed by atoms with van der Waals surface area (Å²) in [4.78, 5) is 9.05. The number of ether oxygens (including phenoxy) is 1. The molecule has 5 heteroatoms. The van der Waals surface area contributed by atoms with E-state index < -0.39 is 0 Å². The Bertz CT molecular complexity index is 608. The Morgan fingerprint density at radius 2 is 2.32 bits per heavy atom. The molecule has 0 bridgehead atoms. The Hall–Kier alpha value is -1.13. The van der Waals surface area contributed by atoms with Gasteiger partial charge in [-0.25, -0.2) is 9.97 Å². The number of methoxy groups -OCH3 is 1. The zero-order chi connectivity index (χ0) is 13.6. The third kappa shape index (κ3) is 1.77. The molecule has 2 aromatic rings. The van der Waals surface area contributed by atoms with Crippen LogP contribution in [0.1, 0.15) is 32.1 Å². The number of pyridine rings is 1. The number of halogens is 1. The molecule has 2 heterocycles. The van der Waals surface area contributed by atoms with Crippen molar-refractivity contribution >= 4 is 22.8 Å². The molecule has 1 saturated carbocycles. The van der Waals surface area contributed by atoms with Crippen LogP contribution < -0.4 is 0 Å². The Kier molecular flexibility index (Phi) is 3.02. The second kappa shape index (κ2) is 4.46. The van der Waals surface area contributed by atoms with Gasteiger partial charge in [0, 0.05) is 24.8 Å². The van der Waals surface area contributed by atoms with Crippen LogP contribution in [0.15, 0.2) is 18.3 Å². The fourth-order valence-corrected chi connectivity index (χ4v) is 3.29. The molecule has 2 atom stereocenters. The van der Waals surface area contributed by atoms with E-state index in [-0.39, 0.29) is 11.5 Å². The van der Waals surface area contributed by atoms with E-state index in [1.165, 1.54) is 0 Å². The molecule has 3 rings (SSSR count). The third-order valence-electron chi connectivity index (χ3n) is 4.36. The molecule has 0 aromatic carbocycles. The van der Waals surface area contributed by atoms with Crippen molar-refractivity contribution in [2.24, 2.45) is 5.41 Å². The Morgan fingerprint density at radius 1 is 1.53 bits per heavy atom. The second-order valence-electron chi connectivity index (χ2n) is 5.68. The molecule has 19 heavy (non-hydrogen) atoms. The van der Waals surface area contributed by atoms with Crippen molar-refractivity contribution in [2.45, 2.75) is 38.3 Å². The molecule has 0 N–H and O–H groups in total. The smallest absolute Gasteiger partial charge is 0.160 e. The predicted molar refractivity (Wildman–Crippen MR) is 75.3 cm³/mol. The number of rotatable bonds is 3. The summed E-state index contributed by atoms with van der Waals surface area (Å²) < 4.78 is 7.72. The van der Waals surface area contributed by atoms with E-state index in [1.54, 1.807) is 13.3 Å². The molecule has 102 valence electrons. The minimum absolute atomic E-state index is 0.0701. The standard InChI is InChI=1S/C14H18ClN3O/c1-14(2)10(7-11(14)19-3)18-12(8-15)17-9-5-4-6-16-13(9)18/h4-6,10-11H,7-8H2,1-3H3. The largest absolute Gasteiger partial charge is 0.381 e. The molecule has 0 spiro atoms. The van der Waals surface area contributed by atoms with Gasteiger partial charge in [-0.3, -0.25) is 0 Å². The first-order valence-electron chi connectivity index (χ1n) is 6.50. The molecule has 4 nitrogen and oxygen atoms in total. The van der Waals surface area contributed by atoms with Gasteiger partial charge in [-0.1, -0.05) is 13.8 Å². The summed E-state index contributed by atoms with van der Waals surface area (Å²) in [5.41, 5.74) is 1.90. The van der Waals surface area contributed by atoms with Gasteiger partial charge >= 0.3 is 0 Å². The van der Waals surface area contributed by atoms with Crippen LogP contribution in [0.25, 0.3) is 11.2 Å². The molecular formula is C14H18ClN3O. The molecule has 2 unspecified atom stereocenters. The summed E-state index contributed by atoms with van der Waals surface area (Å²) in [7, 11) is 1.77. The lowest BCUT2D eigenvalue weighted by Gasteiger charge is -2.51. The van der Waals surface area contributed by atoms with E-state index in [0.717, 1.165) is 23.4 Å². The van der Waals surface area contributed by atoms with E-state index in [9.17, 15) is 0 Å². The highest BCUT2D eigenvalue weighted by Crippen LogP contribution is 2.52. The molecule has 2 aromatic heterocycles. The number of hydrogen-bond acceptors (Lipinski definition) is 3. The number of alkyl halides is 1. The predicted octanol–water partition coefficient (Wildman–Crippen LogP) is 3.16. The number of nitrogens with zero attached hydrogens (tertiary/aromatic N) is 3. The van der Waals surface area contributed by atoms with Gasteiger partial charge in [0.1, 0.15) is 11.3 Å². The summed E-state index contributed by atoms with van der Waals surface area (Å²) in [5.74, 6) is 1.30. The highest BCUT2D eigenvalue weighted by molar-refractivity contribution is 6.16. The topological polar surface area (TPSA) is 39.9 Å². The Balaban J connectivity index is 2.10. The first kappa shape index (κ1) is 12.9. The normalized spacial score (nSPS) is 25.5. The van der Waals surface area contributed by atoms with Crippen LogP contribution in [0.4, 0.5) is 0 Å². The zero-order valence-corrected chi connectivity index (χ0v) is 12.2. The summed E-state index contributed by atoms with van der Waals surface area (Å²) >= 11 is 6.05. The van der Waals surface area contributed by atoms with Gasteiger partial charge < -0.3 is 9.30 Å². The van der Waals surface area contributed by atoms with Crippen LogP contribution in [-0.4, -0.2) is 27.7 Å². The van der Waals surface area contributed by atoms with Crippen molar-refractivity contribution in [3.8, 4) is 0 Å². The molecular weight excluding hydrogens is 262 g/mol. The molecule has 1 fully saturated rings. The van der Waals surface area contributed by atoms with Gasteiger partial charge in [0.25, 0.3) is 0 Å². The fraction of sp³-hybridized carbons (Fsp3) is 0.571. The third-order valence-corrected chi connectivity index (χ3v) is 4.60. The number of aromatic nitrogens is 3. The van der Waals surface area contributed by atoms with Crippen LogP contribution in [0.5, 0.6) is 0 Å². The average molecular weight is 280 g/mol. The molecule has 0 amide bonds. The lowest BCUT2D eigenvalue weighted by Crippen LogP contribution is -2.51. The van der Waals surface area contributed by atoms with Crippen LogP contribution >= 0.6 is 11.6 Å². The van der Waals surface area contributed by atoms with Gasteiger partial charge in [-0.2, -0.15) is 0 Å². The van der Waals surface area contributed by atoms with Gasteiger partial charge in [-0.15, -0.1) is 11.6 Å². The van der Waals surface area contributed by atoms with Crippen LogP contribution in [0.2, 0.25) is 0 Å². The lowest BCUT2D eigenvalue weighted by atomic mass is 9.64. The summed E-state index contributed by atoms with van der Waals surface area (Å²) in [6.45, 7) is 4.45. The minimum Gasteiger partial charge on any atom is -0.381 e. The van der Waals surface area contributed by atoms with Crippen molar-refractivity contribution in [2.75, 3.05) is 7.11 Å². The lowest BCUT2D eigenvalue weighted by molar-refractivity contribution is -0.112. The first-order valence-corrected chi connectivity index (χ1v) is 7.03. The second-order valence-corrected chi connectivity index (χ2v) is 5.94. The zero-order valence-electron chi connectivity index (χ0n) is 11.4. The highest BCUT2D eigenvalue weighted by Gasteiger charge is 2.50. The van der Waals surface area contributed by atoms with Crippen molar-refractivity contribution in [1.82, 2.24) is 14.5 Å². The SMILES string of the molecule is COC1CC(n2c(CCl)nc3cccnc32)C1(C)C. The maximum absolute atomic E-state index is 6.05. The van der Waals surface area contributed by atoms with Crippen LogP contribution in [0.3, 0.4) is 0 Å². The Labute approximate surface area is 117 Å². The highest BCUT2D eigenvalue weighted by atomic mass is 35.5.